The fourth-order valence-electron chi connectivity index (χ4n) is 2.05. The van der Waals surface area contributed by atoms with E-state index in [0.717, 1.165) is 21.5 Å². The summed E-state index contributed by atoms with van der Waals surface area (Å²) in [4.78, 5) is 16.6. The number of hydrogen-bond acceptors (Lipinski definition) is 4. The Bertz CT molecular complexity index is 834. The molecule has 0 aliphatic rings. The Hall–Kier alpha value is -2.18. The number of nitrogens with zero attached hydrogens (tertiary/aromatic N) is 1. The van der Waals surface area contributed by atoms with Crippen molar-refractivity contribution in [2.45, 2.75) is 0 Å². The van der Waals surface area contributed by atoms with Gasteiger partial charge in [0.1, 0.15) is 5.75 Å². The summed E-state index contributed by atoms with van der Waals surface area (Å²) in [5, 5.41) is 5.30. The Kier molecular flexibility index (Phi) is 4.73. The van der Waals surface area contributed by atoms with Crippen molar-refractivity contribution >= 4 is 38.3 Å². The highest BCUT2D eigenvalue weighted by molar-refractivity contribution is 9.10. The lowest BCUT2D eigenvalue weighted by Gasteiger charge is -2.04. The molecule has 1 heterocycles. The monoisotopic (exact) mass is 388 g/mol. The Morgan fingerprint density at radius 2 is 2.00 bits per heavy atom. The summed E-state index contributed by atoms with van der Waals surface area (Å²) < 4.78 is 6.08. The van der Waals surface area contributed by atoms with Gasteiger partial charge >= 0.3 is 0 Å². The molecule has 0 saturated heterocycles. The van der Waals surface area contributed by atoms with Crippen LogP contribution >= 0.6 is 27.3 Å². The van der Waals surface area contributed by atoms with E-state index in [1.807, 2.05) is 41.8 Å². The van der Waals surface area contributed by atoms with Gasteiger partial charge in [-0.1, -0.05) is 18.2 Å². The zero-order valence-corrected chi connectivity index (χ0v) is 14.6. The van der Waals surface area contributed by atoms with Gasteiger partial charge in [-0.3, -0.25) is 10.1 Å². The number of aromatic nitrogens is 1. The molecule has 2 aromatic carbocycles. The number of carbonyl (C=O) groups is 1. The van der Waals surface area contributed by atoms with E-state index >= 15 is 0 Å². The summed E-state index contributed by atoms with van der Waals surface area (Å²) >= 11 is 4.86. The van der Waals surface area contributed by atoms with Crippen molar-refractivity contribution in [3.05, 3.63) is 63.9 Å². The molecule has 0 unspecified atom stereocenters. The molecule has 116 valence electrons. The van der Waals surface area contributed by atoms with Gasteiger partial charge in [0.05, 0.1) is 17.3 Å². The minimum absolute atomic E-state index is 0.164. The first-order valence-corrected chi connectivity index (χ1v) is 8.50. The Morgan fingerprint density at radius 1 is 1.22 bits per heavy atom. The molecule has 0 fully saturated rings. The second-order valence-corrected chi connectivity index (χ2v) is 6.42. The second-order valence-electron chi connectivity index (χ2n) is 4.71. The number of hydrogen-bond donors (Lipinski definition) is 1. The number of amides is 1. The minimum Gasteiger partial charge on any atom is -0.496 e. The van der Waals surface area contributed by atoms with Crippen molar-refractivity contribution in [1.29, 1.82) is 0 Å². The SMILES string of the molecule is COc1ccc(-c2csc(NC(=O)c3ccccc3)n2)cc1Br. The summed E-state index contributed by atoms with van der Waals surface area (Å²) in [6, 6.07) is 14.8. The van der Waals surface area contributed by atoms with E-state index in [4.69, 9.17) is 4.74 Å². The first-order chi connectivity index (χ1) is 11.2. The molecule has 0 saturated carbocycles. The Morgan fingerprint density at radius 3 is 2.70 bits per heavy atom. The molecule has 3 rings (SSSR count). The number of anilines is 1. The third-order valence-corrected chi connectivity index (χ3v) is 4.59. The lowest BCUT2D eigenvalue weighted by molar-refractivity contribution is 0.102. The molecule has 0 bridgehead atoms. The minimum atomic E-state index is -0.164. The first-order valence-electron chi connectivity index (χ1n) is 6.83. The summed E-state index contributed by atoms with van der Waals surface area (Å²) in [6.45, 7) is 0. The van der Waals surface area contributed by atoms with Crippen LogP contribution in [0.2, 0.25) is 0 Å². The maximum atomic E-state index is 12.1. The van der Waals surface area contributed by atoms with Crippen molar-refractivity contribution in [2.24, 2.45) is 0 Å². The number of halogens is 1. The number of nitrogens with one attached hydrogen (secondary N) is 1. The van der Waals surface area contributed by atoms with Crippen molar-refractivity contribution in [3.8, 4) is 17.0 Å². The maximum absolute atomic E-state index is 12.1. The molecule has 6 heteroatoms. The topological polar surface area (TPSA) is 51.2 Å². The molecule has 0 spiro atoms. The van der Waals surface area contributed by atoms with Gasteiger partial charge in [0.2, 0.25) is 0 Å². The lowest BCUT2D eigenvalue weighted by Crippen LogP contribution is -2.11. The van der Waals surface area contributed by atoms with Crippen LogP contribution in [0, 0.1) is 0 Å². The van der Waals surface area contributed by atoms with E-state index in [-0.39, 0.29) is 5.91 Å². The fourth-order valence-corrected chi connectivity index (χ4v) is 3.30. The fraction of sp³-hybridized carbons (Fsp3) is 0.0588. The van der Waals surface area contributed by atoms with Crippen molar-refractivity contribution < 1.29 is 9.53 Å². The van der Waals surface area contributed by atoms with Crippen LogP contribution in [0.15, 0.2) is 58.4 Å². The first kappa shape index (κ1) is 15.7. The van der Waals surface area contributed by atoms with Crippen molar-refractivity contribution in [1.82, 2.24) is 4.98 Å². The molecule has 0 aliphatic heterocycles. The normalized spacial score (nSPS) is 10.3. The number of rotatable bonds is 4. The molecule has 1 aromatic heterocycles. The molecule has 0 radical (unpaired) electrons. The molecule has 23 heavy (non-hydrogen) atoms. The average molecular weight is 389 g/mol. The molecule has 4 nitrogen and oxygen atoms in total. The number of methoxy groups -OCH3 is 1. The van der Waals surface area contributed by atoms with E-state index in [9.17, 15) is 4.79 Å². The third-order valence-electron chi connectivity index (χ3n) is 3.21. The predicted octanol–water partition coefficient (Wildman–Crippen LogP) is 4.83. The quantitative estimate of drug-likeness (QED) is 0.695. The van der Waals surface area contributed by atoms with E-state index < -0.39 is 0 Å². The van der Waals surface area contributed by atoms with Gasteiger partial charge in [0.25, 0.3) is 5.91 Å². The molecule has 1 amide bonds. The molecule has 1 N–H and O–H groups in total. The summed E-state index contributed by atoms with van der Waals surface area (Å²) in [5.41, 5.74) is 2.37. The number of carbonyl (C=O) groups excluding carboxylic acids is 1. The molecule has 3 aromatic rings. The summed E-state index contributed by atoms with van der Waals surface area (Å²) in [5.74, 6) is 0.601. The van der Waals surface area contributed by atoms with Crippen LogP contribution in [0.3, 0.4) is 0 Å². The third kappa shape index (κ3) is 3.60. The molecular weight excluding hydrogens is 376 g/mol. The largest absolute Gasteiger partial charge is 0.496 e. The summed E-state index contributed by atoms with van der Waals surface area (Å²) in [7, 11) is 1.62. The maximum Gasteiger partial charge on any atom is 0.257 e. The van der Waals surface area contributed by atoms with E-state index in [1.165, 1.54) is 11.3 Å². The van der Waals surface area contributed by atoms with Gasteiger partial charge in [-0.2, -0.15) is 0 Å². The number of ether oxygens (including phenoxy) is 1. The number of benzene rings is 2. The van der Waals surface area contributed by atoms with Crippen molar-refractivity contribution in [2.75, 3.05) is 12.4 Å². The zero-order valence-electron chi connectivity index (χ0n) is 12.2. The van der Waals surface area contributed by atoms with Crippen LogP contribution in [0.5, 0.6) is 5.75 Å². The van der Waals surface area contributed by atoms with E-state index in [2.05, 4.69) is 26.2 Å². The highest BCUT2D eigenvalue weighted by Crippen LogP contribution is 2.32. The molecule has 0 atom stereocenters. The predicted molar refractivity (Wildman–Crippen MR) is 96.2 cm³/mol. The average Bonchev–Trinajstić information content (AvgIpc) is 3.04. The molecular formula is C17H13BrN2O2S. The van der Waals surface area contributed by atoms with Crippen LogP contribution in [0.4, 0.5) is 5.13 Å². The standard InChI is InChI=1S/C17H13BrN2O2S/c1-22-15-8-7-12(9-13(15)18)14-10-23-17(19-14)20-16(21)11-5-3-2-4-6-11/h2-10H,1H3,(H,19,20,21). The van der Waals surface area contributed by atoms with Gasteiger partial charge in [-0.25, -0.2) is 4.98 Å². The molecule has 0 aliphatic carbocycles. The van der Waals surface area contributed by atoms with Crippen LogP contribution in [-0.4, -0.2) is 18.0 Å². The van der Waals surface area contributed by atoms with Crippen LogP contribution < -0.4 is 10.1 Å². The van der Waals surface area contributed by atoms with Gasteiger partial charge in [-0.05, 0) is 46.3 Å². The van der Waals surface area contributed by atoms with E-state index in [1.54, 1.807) is 19.2 Å². The number of thiazole rings is 1. The Labute approximate surface area is 146 Å². The smallest absolute Gasteiger partial charge is 0.257 e. The van der Waals surface area contributed by atoms with E-state index in [0.29, 0.717) is 10.7 Å². The van der Waals surface area contributed by atoms with Crippen LogP contribution in [-0.2, 0) is 0 Å². The highest BCUT2D eigenvalue weighted by atomic mass is 79.9. The van der Waals surface area contributed by atoms with Crippen LogP contribution in [0.1, 0.15) is 10.4 Å². The van der Waals surface area contributed by atoms with Gasteiger partial charge < -0.3 is 4.74 Å². The van der Waals surface area contributed by atoms with Gasteiger partial charge in [0.15, 0.2) is 5.13 Å². The second kappa shape index (κ2) is 6.93. The Balaban J connectivity index is 1.78. The van der Waals surface area contributed by atoms with Gasteiger partial charge in [0, 0.05) is 16.5 Å². The zero-order chi connectivity index (χ0) is 16.2. The lowest BCUT2D eigenvalue weighted by atomic mass is 10.2. The van der Waals surface area contributed by atoms with Crippen LogP contribution in [0.25, 0.3) is 11.3 Å². The van der Waals surface area contributed by atoms with Gasteiger partial charge in [-0.15, -0.1) is 11.3 Å². The highest BCUT2D eigenvalue weighted by Gasteiger charge is 2.10. The van der Waals surface area contributed by atoms with Crippen molar-refractivity contribution in [3.63, 3.8) is 0 Å². The summed E-state index contributed by atoms with van der Waals surface area (Å²) in [6.07, 6.45) is 0.